The minimum Gasteiger partial charge on any atom is -0.298 e. The van der Waals surface area contributed by atoms with E-state index in [1.54, 1.807) is 13.1 Å². The van der Waals surface area contributed by atoms with Gasteiger partial charge in [0.25, 0.3) is 5.95 Å². The predicted molar refractivity (Wildman–Crippen MR) is 58.8 cm³/mol. The zero-order chi connectivity index (χ0) is 11.7. The van der Waals surface area contributed by atoms with E-state index in [4.69, 9.17) is 0 Å². The SMILES string of the molecule is Cc1cc(C)nc(-n2cc(C=O)c(C)n2)n1. The number of carbonyl (C=O) groups is 1. The standard InChI is InChI=1S/C11H12N4O/c1-7-4-8(2)13-11(12-7)15-5-10(6-16)9(3)14-15/h4-6H,1-3H3. The van der Waals surface area contributed by atoms with Gasteiger partial charge in [0.2, 0.25) is 0 Å². The molecule has 2 aromatic rings. The van der Waals surface area contributed by atoms with Gasteiger partial charge in [0.05, 0.1) is 11.3 Å². The van der Waals surface area contributed by atoms with Gasteiger partial charge in [0.1, 0.15) is 0 Å². The van der Waals surface area contributed by atoms with Crippen LogP contribution in [0.15, 0.2) is 12.3 Å². The van der Waals surface area contributed by atoms with Crippen molar-refractivity contribution >= 4 is 6.29 Å². The summed E-state index contributed by atoms with van der Waals surface area (Å²) in [7, 11) is 0. The van der Waals surface area contributed by atoms with Crippen molar-refractivity contribution in [3.63, 3.8) is 0 Å². The van der Waals surface area contributed by atoms with Gasteiger partial charge in [0, 0.05) is 17.6 Å². The lowest BCUT2D eigenvalue weighted by molar-refractivity contribution is 0.112. The molecule has 5 nitrogen and oxygen atoms in total. The predicted octanol–water partition coefficient (Wildman–Crippen LogP) is 1.40. The maximum absolute atomic E-state index is 10.7. The van der Waals surface area contributed by atoms with Crippen molar-refractivity contribution < 1.29 is 4.79 Å². The topological polar surface area (TPSA) is 60.7 Å². The molecular weight excluding hydrogens is 204 g/mol. The third kappa shape index (κ3) is 1.84. The summed E-state index contributed by atoms with van der Waals surface area (Å²) < 4.78 is 1.53. The molecule has 0 bridgehead atoms. The first kappa shape index (κ1) is 10.5. The molecule has 0 fully saturated rings. The molecule has 0 aromatic carbocycles. The van der Waals surface area contributed by atoms with Gasteiger partial charge in [-0.1, -0.05) is 0 Å². The molecule has 0 aliphatic carbocycles. The lowest BCUT2D eigenvalue weighted by Gasteiger charge is -2.01. The van der Waals surface area contributed by atoms with Crippen molar-refractivity contribution in [1.82, 2.24) is 19.7 Å². The van der Waals surface area contributed by atoms with Crippen LogP contribution in [0.25, 0.3) is 5.95 Å². The Bertz CT molecular complexity index is 525. The Morgan fingerprint density at radius 2 is 1.81 bits per heavy atom. The summed E-state index contributed by atoms with van der Waals surface area (Å²) >= 11 is 0. The van der Waals surface area contributed by atoms with E-state index in [0.717, 1.165) is 17.7 Å². The van der Waals surface area contributed by atoms with E-state index >= 15 is 0 Å². The third-order valence-corrected chi connectivity index (χ3v) is 2.24. The van der Waals surface area contributed by atoms with Crippen molar-refractivity contribution in [3.8, 4) is 5.95 Å². The molecule has 0 aliphatic rings. The summed E-state index contributed by atoms with van der Waals surface area (Å²) in [5.41, 5.74) is 2.99. The molecule has 0 saturated carbocycles. The largest absolute Gasteiger partial charge is 0.298 e. The highest BCUT2D eigenvalue weighted by Gasteiger charge is 2.08. The highest BCUT2D eigenvalue weighted by molar-refractivity contribution is 5.75. The van der Waals surface area contributed by atoms with Crippen LogP contribution in [0.1, 0.15) is 27.4 Å². The second kappa shape index (κ2) is 3.84. The second-order valence-electron chi connectivity index (χ2n) is 3.68. The van der Waals surface area contributed by atoms with Gasteiger partial charge in [-0.2, -0.15) is 5.10 Å². The number of nitrogens with zero attached hydrogens (tertiary/aromatic N) is 4. The maximum atomic E-state index is 10.7. The third-order valence-electron chi connectivity index (χ3n) is 2.24. The van der Waals surface area contributed by atoms with Crippen LogP contribution in [-0.2, 0) is 0 Å². The number of aldehydes is 1. The van der Waals surface area contributed by atoms with Gasteiger partial charge in [-0.15, -0.1) is 0 Å². The number of hydrogen-bond acceptors (Lipinski definition) is 4. The van der Waals surface area contributed by atoms with E-state index in [2.05, 4.69) is 15.1 Å². The summed E-state index contributed by atoms with van der Waals surface area (Å²) in [6.07, 6.45) is 2.41. The van der Waals surface area contributed by atoms with Crippen LogP contribution in [-0.4, -0.2) is 26.0 Å². The number of aromatic nitrogens is 4. The molecule has 0 N–H and O–H groups in total. The molecule has 0 atom stereocenters. The minimum absolute atomic E-state index is 0.494. The first-order valence-corrected chi connectivity index (χ1v) is 4.94. The van der Waals surface area contributed by atoms with Crippen molar-refractivity contribution in [2.45, 2.75) is 20.8 Å². The summed E-state index contributed by atoms with van der Waals surface area (Å²) in [5, 5.41) is 4.19. The Hall–Kier alpha value is -2.04. The van der Waals surface area contributed by atoms with E-state index in [1.165, 1.54) is 4.68 Å². The molecule has 0 unspecified atom stereocenters. The van der Waals surface area contributed by atoms with Crippen molar-refractivity contribution in [3.05, 3.63) is 34.9 Å². The second-order valence-corrected chi connectivity index (χ2v) is 3.68. The molecule has 82 valence electrons. The summed E-state index contributed by atoms with van der Waals surface area (Å²) in [5.74, 6) is 0.494. The Balaban J connectivity index is 2.53. The van der Waals surface area contributed by atoms with Crippen LogP contribution in [0.5, 0.6) is 0 Å². The van der Waals surface area contributed by atoms with Gasteiger partial charge in [-0.3, -0.25) is 4.79 Å². The van der Waals surface area contributed by atoms with Crippen LogP contribution in [0.2, 0.25) is 0 Å². The quantitative estimate of drug-likeness (QED) is 0.712. The molecule has 0 saturated heterocycles. The van der Waals surface area contributed by atoms with Crippen LogP contribution in [0.4, 0.5) is 0 Å². The number of rotatable bonds is 2. The molecule has 0 radical (unpaired) electrons. The first-order chi connectivity index (χ1) is 7.60. The molecule has 0 spiro atoms. The Morgan fingerprint density at radius 1 is 1.19 bits per heavy atom. The number of hydrogen-bond donors (Lipinski definition) is 0. The fraction of sp³-hybridized carbons (Fsp3) is 0.273. The fourth-order valence-electron chi connectivity index (χ4n) is 1.50. The molecule has 5 heteroatoms. The average molecular weight is 216 g/mol. The van der Waals surface area contributed by atoms with Crippen LogP contribution >= 0.6 is 0 Å². The summed E-state index contributed by atoms with van der Waals surface area (Å²) in [6, 6.07) is 1.89. The maximum Gasteiger partial charge on any atom is 0.250 e. The van der Waals surface area contributed by atoms with Crippen molar-refractivity contribution in [2.75, 3.05) is 0 Å². The lowest BCUT2D eigenvalue weighted by atomic mass is 10.3. The van der Waals surface area contributed by atoms with Gasteiger partial charge in [-0.25, -0.2) is 14.6 Å². The van der Waals surface area contributed by atoms with Crippen LogP contribution in [0, 0.1) is 20.8 Å². The minimum atomic E-state index is 0.494. The van der Waals surface area contributed by atoms with E-state index in [1.807, 2.05) is 19.9 Å². The Kier molecular flexibility index (Phi) is 2.52. The summed E-state index contributed by atoms with van der Waals surface area (Å²) in [6.45, 7) is 5.58. The van der Waals surface area contributed by atoms with E-state index < -0.39 is 0 Å². The highest BCUT2D eigenvalue weighted by Crippen LogP contribution is 2.08. The van der Waals surface area contributed by atoms with Crippen molar-refractivity contribution in [1.29, 1.82) is 0 Å². The smallest absolute Gasteiger partial charge is 0.250 e. The first-order valence-electron chi connectivity index (χ1n) is 4.94. The zero-order valence-corrected chi connectivity index (χ0v) is 9.43. The Morgan fingerprint density at radius 3 is 2.31 bits per heavy atom. The molecular formula is C11H12N4O. The van der Waals surface area contributed by atoms with Gasteiger partial charge in [-0.05, 0) is 26.8 Å². The molecule has 0 amide bonds. The van der Waals surface area contributed by atoms with Crippen molar-refractivity contribution in [2.24, 2.45) is 0 Å². The van der Waals surface area contributed by atoms with E-state index in [-0.39, 0.29) is 0 Å². The normalized spacial score (nSPS) is 10.4. The number of carbonyl (C=O) groups excluding carboxylic acids is 1. The van der Waals surface area contributed by atoms with Gasteiger partial charge < -0.3 is 0 Å². The van der Waals surface area contributed by atoms with Gasteiger partial charge >= 0.3 is 0 Å². The monoisotopic (exact) mass is 216 g/mol. The molecule has 2 rings (SSSR count). The Labute approximate surface area is 93.2 Å². The van der Waals surface area contributed by atoms with Crippen LogP contribution < -0.4 is 0 Å². The van der Waals surface area contributed by atoms with E-state index in [0.29, 0.717) is 17.2 Å². The fourth-order valence-corrected chi connectivity index (χ4v) is 1.50. The average Bonchev–Trinajstić information content (AvgIpc) is 2.58. The lowest BCUT2D eigenvalue weighted by Crippen LogP contribution is -2.04. The molecule has 2 aromatic heterocycles. The van der Waals surface area contributed by atoms with Crippen LogP contribution in [0.3, 0.4) is 0 Å². The molecule has 2 heterocycles. The zero-order valence-electron chi connectivity index (χ0n) is 9.43. The highest BCUT2D eigenvalue weighted by atomic mass is 16.1. The summed E-state index contributed by atoms with van der Waals surface area (Å²) in [4.78, 5) is 19.2. The molecule has 0 aliphatic heterocycles. The molecule has 16 heavy (non-hydrogen) atoms. The van der Waals surface area contributed by atoms with E-state index in [9.17, 15) is 4.79 Å². The number of aryl methyl sites for hydroxylation is 3. The van der Waals surface area contributed by atoms with Gasteiger partial charge in [0.15, 0.2) is 6.29 Å².